The molecule has 1 aliphatic carbocycles. The van der Waals surface area contributed by atoms with Crippen LogP contribution in [0.1, 0.15) is 34.6 Å². The molecule has 0 N–H and O–H groups in total. The van der Waals surface area contributed by atoms with E-state index in [1.54, 1.807) is 0 Å². The lowest BCUT2D eigenvalue weighted by Crippen LogP contribution is -2.79. The van der Waals surface area contributed by atoms with Crippen molar-refractivity contribution < 1.29 is 30.7 Å². The molecule has 7 heteroatoms. The van der Waals surface area contributed by atoms with E-state index in [1.807, 2.05) is 0 Å². The number of hydrogen-bond donors (Lipinski definition) is 0. The lowest BCUT2D eigenvalue weighted by Gasteiger charge is -2.61. The monoisotopic (exact) mass is 280 g/mol. The summed E-state index contributed by atoms with van der Waals surface area (Å²) in [5, 5.41) is 0. The zero-order valence-corrected chi connectivity index (χ0v) is 10.6. The maximum atomic E-state index is 14.2. The molecule has 0 bridgehead atoms. The van der Waals surface area contributed by atoms with Crippen molar-refractivity contribution in [1.29, 1.82) is 0 Å². The van der Waals surface area contributed by atoms with Gasteiger partial charge in [-0.3, -0.25) is 0 Å². The quantitative estimate of drug-likeness (QED) is 0.565. The minimum atomic E-state index is -5.75. The Morgan fingerprint density at radius 1 is 0.444 bits per heavy atom. The maximum absolute atomic E-state index is 14.2. The van der Waals surface area contributed by atoms with Gasteiger partial charge in [-0.25, -0.2) is 4.39 Å². The van der Waals surface area contributed by atoms with Gasteiger partial charge in [0.25, 0.3) is 0 Å². The molecule has 0 radical (unpaired) electrons. The van der Waals surface area contributed by atoms with Crippen LogP contribution >= 0.6 is 0 Å². The average Bonchev–Trinajstić information content (AvgIpc) is 2.14. The van der Waals surface area contributed by atoms with Crippen molar-refractivity contribution in [3.8, 4) is 0 Å². The van der Waals surface area contributed by atoms with Crippen molar-refractivity contribution in [2.75, 3.05) is 0 Å². The van der Waals surface area contributed by atoms with Gasteiger partial charge in [-0.1, -0.05) is 27.7 Å². The number of hydrogen-bond acceptors (Lipinski definition) is 0. The fourth-order valence-corrected chi connectivity index (χ4v) is 2.26. The van der Waals surface area contributed by atoms with Gasteiger partial charge < -0.3 is 0 Å². The molecular weight excluding hydrogens is 265 g/mol. The summed E-state index contributed by atoms with van der Waals surface area (Å²) in [7, 11) is 0. The van der Waals surface area contributed by atoms with Gasteiger partial charge in [0.2, 0.25) is 0 Å². The Morgan fingerprint density at radius 3 is 1.11 bits per heavy atom. The topological polar surface area (TPSA) is 0 Å². The molecule has 0 aromatic carbocycles. The second-order valence-corrected chi connectivity index (χ2v) is 5.98. The maximum Gasteiger partial charge on any atom is 0.375 e. The molecule has 0 heterocycles. The summed E-state index contributed by atoms with van der Waals surface area (Å²) in [6.45, 7) is 3.22. The summed E-state index contributed by atoms with van der Waals surface area (Å²) in [4.78, 5) is 0. The molecular formula is C11H15F7. The van der Waals surface area contributed by atoms with Crippen LogP contribution in [0.15, 0.2) is 0 Å². The van der Waals surface area contributed by atoms with Crippen LogP contribution in [-0.4, -0.2) is 23.4 Å². The van der Waals surface area contributed by atoms with E-state index in [4.69, 9.17) is 0 Å². The second kappa shape index (κ2) is 3.15. The van der Waals surface area contributed by atoms with Gasteiger partial charge in [-0.2, -0.15) is 26.3 Å². The molecule has 0 aromatic heterocycles. The fourth-order valence-electron chi connectivity index (χ4n) is 2.26. The highest BCUT2D eigenvalue weighted by Gasteiger charge is 2.90. The molecule has 1 aliphatic rings. The molecule has 1 saturated carbocycles. The Balaban J connectivity index is 3.72. The summed E-state index contributed by atoms with van der Waals surface area (Å²) >= 11 is 0. The van der Waals surface area contributed by atoms with Crippen LogP contribution in [-0.2, 0) is 0 Å². The first-order valence-electron chi connectivity index (χ1n) is 5.32. The first-order valence-corrected chi connectivity index (χ1v) is 5.32. The average molecular weight is 280 g/mol. The Bertz CT molecular complexity index is 249. The second-order valence-electron chi connectivity index (χ2n) is 5.98. The molecule has 0 aliphatic heterocycles. The summed E-state index contributed by atoms with van der Waals surface area (Å²) in [6, 6.07) is 0. The smallest absolute Gasteiger partial charge is 0.237 e. The van der Waals surface area contributed by atoms with E-state index in [9.17, 15) is 30.7 Å². The normalized spacial score (nSPS) is 39.3. The number of halogens is 7. The summed E-state index contributed by atoms with van der Waals surface area (Å²) < 4.78 is 95.3. The first-order chi connectivity index (χ1) is 7.50. The molecule has 1 fully saturated rings. The van der Waals surface area contributed by atoms with Crippen molar-refractivity contribution in [2.24, 2.45) is 10.8 Å². The van der Waals surface area contributed by atoms with Crippen molar-refractivity contribution in [2.45, 2.75) is 58.1 Å². The van der Waals surface area contributed by atoms with E-state index in [0.29, 0.717) is 13.8 Å². The summed E-state index contributed by atoms with van der Waals surface area (Å²) in [6.07, 6.45) is 0. The Kier molecular flexibility index (Phi) is 2.72. The predicted octanol–water partition coefficient (Wildman–Crippen LogP) is 4.69. The van der Waals surface area contributed by atoms with Crippen LogP contribution in [0.25, 0.3) is 0 Å². The highest BCUT2D eigenvalue weighted by atomic mass is 19.3. The molecule has 1 unspecified atom stereocenters. The largest absolute Gasteiger partial charge is 0.375 e. The Morgan fingerprint density at radius 2 is 0.778 bits per heavy atom. The van der Waals surface area contributed by atoms with Gasteiger partial charge in [0, 0.05) is 10.8 Å². The zero-order chi connectivity index (χ0) is 15.0. The van der Waals surface area contributed by atoms with Crippen LogP contribution in [0.2, 0.25) is 0 Å². The van der Waals surface area contributed by atoms with E-state index >= 15 is 0 Å². The lowest BCUT2D eigenvalue weighted by atomic mass is 9.49. The van der Waals surface area contributed by atoms with E-state index in [1.165, 1.54) is 0 Å². The Labute approximate surface area is 101 Å². The molecule has 1 rings (SSSR count). The van der Waals surface area contributed by atoms with Gasteiger partial charge in [0.1, 0.15) is 0 Å². The van der Waals surface area contributed by atoms with Gasteiger partial charge >= 0.3 is 17.8 Å². The highest BCUT2D eigenvalue weighted by Crippen LogP contribution is 2.71. The van der Waals surface area contributed by atoms with E-state index in [0.717, 1.165) is 13.8 Å². The Hall–Kier alpha value is -0.490. The summed E-state index contributed by atoms with van der Waals surface area (Å²) in [5.74, 6) is -16.2. The van der Waals surface area contributed by atoms with Crippen molar-refractivity contribution in [3.63, 3.8) is 0 Å². The molecule has 0 amide bonds. The molecule has 18 heavy (non-hydrogen) atoms. The third-order valence-electron chi connectivity index (χ3n) is 4.90. The molecule has 108 valence electrons. The molecule has 0 spiro atoms. The third-order valence-corrected chi connectivity index (χ3v) is 4.90. The van der Waals surface area contributed by atoms with Gasteiger partial charge in [-0.15, -0.1) is 0 Å². The SMILES string of the molecule is CC1(C)C(C)(C)C(F)(F)C(F)(F)C(F)(F)C1(C)F. The van der Waals surface area contributed by atoms with E-state index < -0.39 is 34.3 Å². The van der Waals surface area contributed by atoms with Crippen molar-refractivity contribution in [3.05, 3.63) is 0 Å². The summed E-state index contributed by atoms with van der Waals surface area (Å²) in [5.41, 5.74) is -8.77. The predicted molar refractivity (Wildman–Crippen MR) is 51.9 cm³/mol. The van der Waals surface area contributed by atoms with Crippen LogP contribution in [0.5, 0.6) is 0 Å². The zero-order valence-electron chi connectivity index (χ0n) is 10.6. The fraction of sp³-hybridized carbons (Fsp3) is 1.00. The third kappa shape index (κ3) is 1.14. The van der Waals surface area contributed by atoms with Crippen LogP contribution in [0.4, 0.5) is 30.7 Å². The lowest BCUT2D eigenvalue weighted by molar-refractivity contribution is -0.431. The molecule has 0 aromatic rings. The van der Waals surface area contributed by atoms with Gasteiger partial charge in [-0.05, 0) is 6.92 Å². The van der Waals surface area contributed by atoms with Crippen molar-refractivity contribution >= 4 is 0 Å². The minimum Gasteiger partial charge on any atom is -0.237 e. The number of rotatable bonds is 0. The van der Waals surface area contributed by atoms with Crippen molar-refractivity contribution in [1.82, 2.24) is 0 Å². The number of alkyl halides is 7. The van der Waals surface area contributed by atoms with E-state index in [-0.39, 0.29) is 6.92 Å². The van der Waals surface area contributed by atoms with Crippen LogP contribution in [0.3, 0.4) is 0 Å². The van der Waals surface area contributed by atoms with Crippen LogP contribution < -0.4 is 0 Å². The molecule has 1 atom stereocenters. The first kappa shape index (κ1) is 15.6. The van der Waals surface area contributed by atoms with E-state index in [2.05, 4.69) is 0 Å². The highest BCUT2D eigenvalue weighted by molar-refractivity contribution is 5.23. The minimum absolute atomic E-state index is 0.248. The van der Waals surface area contributed by atoms with Gasteiger partial charge in [0.05, 0.1) is 0 Å². The standard InChI is InChI=1S/C11H15F7/c1-6(2)7(3,4)9(13,14)11(17,18)10(15,16)8(6,5)12/h1-5H3. The molecule has 0 nitrogen and oxygen atoms in total. The van der Waals surface area contributed by atoms with Crippen LogP contribution in [0, 0.1) is 10.8 Å². The molecule has 0 saturated heterocycles. The van der Waals surface area contributed by atoms with Gasteiger partial charge in [0.15, 0.2) is 5.67 Å².